The Morgan fingerprint density at radius 3 is 2.56 bits per heavy atom. The van der Waals surface area contributed by atoms with Gasteiger partial charge in [0.15, 0.2) is 0 Å². The van der Waals surface area contributed by atoms with E-state index in [4.69, 9.17) is 0 Å². The van der Waals surface area contributed by atoms with Crippen molar-refractivity contribution in [1.29, 1.82) is 0 Å². The van der Waals surface area contributed by atoms with Crippen molar-refractivity contribution < 1.29 is 15.1 Å². The highest BCUT2D eigenvalue weighted by Gasteiger charge is 2.23. The summed E-state index contributed by atoms with van der Waals surface area (Å²) in [7, 11) is 2.10. The first-order valence-corrected chi connectivity index (χ1v) is 12.7. The highest BCUT2D eigenvalue weighted by Crippen LogP contribution is 2.32. The van der Waals surface area contributed by atoms with Gasteiger partial charge in [0.1, 0.15) is 0 Å². The molecule has 5 heteroatoms. The number of hydrogen-bond donors (Lipinski definition) is 2. The van der Waals surface area contributed by atoms with Crippen molar-refractivity contribution in [3.8, 4) is 0 Å². The molecule has 0 fully saturated rings. The standard InChI is InChI=1S/C29H36N2O3/c1-31-27-16-10-9-15-24(27)25-18-17-22(20-28(25)31)26(30-34)19-23(29(32)33)14-8-3-2-5-11-21-12-6-4-7-13-21/h4,6-7,12-13,17-18,20,23,34H,2-3,5,8-11,14-16,19H2,1H3,(H,32,33)/t23-/m1/s1. The van der Waals surface area contributed by atoms with Crippen LogP contribution < -0.4 is 0 Å². The molecule has 1 atom stereocenters. The molecular formula is C29H36N2O3. The number of unbranched alkanes of at least 4 members (excludes halogenated alkanes) is 3. The second-order valence-electron chi connectivity index (χ2n) is 9.65. The van der Waals surface area contributed by atoms with Gasteiger partial charge in [0.05, 0.1) is 11.6 Å². The Morgan fingerprint density at radius 1 is 1.03 bits per heavy atom. The van der Waals surface area contributed by atoms with Gasteiger partial charge in [0.25, 0.3) is 0 Å². The lowest BCUT2D eigenvalue weighted by atomic mass is 9.91. The van der Waals surface area contributed by atoms with Crippen LogP contribution in [0.1, 0.15) is 73.8 Å². The smallest absolute Gasteiger partial charge is 0.306 e. The fraction of sp³-hybridized carbons (Fsp3) is 0.448. The first kappa shape index (κ1) is 24.1. The molecule has 2 N–H and O–H groups in total. The minimum atomic E-state index is -0.819. The van der Waals surface area contributed by atoms with E-state index in [-0.39, 0.29) is 6.42 Å². The van der Waals surface area contributed by atoms with Gasteiger partial charge in [-0.3, -0.25) is 4.79 Å². The normalized spacial score (nSPS) is 14.8. The van der Waals surface area contributed by atoms with E-state index in [1.54, 1.807) is 0 Å². The Kier molecular flexibility index (Phi) is 8.04. The number of nitrogens with zero attached hydrogens (tertiary/aromatic N) is 2. The van der Waals surface area contributed by atoms with Crippen molar-refractivity contribution in [2.45, 2.75) is 70.6 Å². The van der Waals surface area contributed by atoms with E-state index in [0.29, 0.717) is 12.1 Å². The molecule has 1 aliphatic carbocycles. The van der Waals surface area contributed by atoms with Gasteiger partial charge in [-0.1, -0.05) is 66.9 Å². The predicted molar refractivity (Wildman–Crippen MR) is 137 cm³/mol. The first-order valence-electron chi connectivity index (χ1n) is 12.7. The molecule has 1 aliphatic rings. The summed E-state index contributed by atoms with van der Waals surface area (Å²) in [6, 6.07) is 16.6. The van der Waals surface area contributed by atoms with Crippen LogP contribution in [0.5, 0.6) is 0 Å². The molecule has 0 radical (unpaired) electrons. The second kappa shape index (κ2) is 11.4. The Morgan fingerprint density at radius 2 is 1.79 bits per heavy atom. The summed E-state index contributed by atoms with van der Waals surface area (Å²) in [5, 5.41) is 24.4. The molecule has 0 saturated carbocycles. The molecule has 1 heterocycles. The lowest BCUT2D eigenvalue weighted by Crippen LogP contribution is -2.19. The lowest BCUT2D eigenvalue weighted by Gasteiger charge is -2.14. The number of oxime groups is 1. The zero-order chi connectivity index (χ0) is 23.9. The summed E-state index contributed by atoms with van der Waals surface area (Å²) < 4.78 is 2.26. The molecule has 0 unspecified atom stereocenters. The third kappa shape index (κ3) is 5.52. The van der Waals surface area contributed by atoms with Crippen LogP contribution >= 0.6 is 0 Å². The number of rotatable bonds is 11. The summed E-state index contributed by atoms with van der Waals surface area (Å²) in [6.45, 7) is 0. The fourth-order valence-corrected chi connectivity index (χ4v) is 5.42. The summed E-state index contributed by atoms with van der Waals surface area (Å²) in [4.78, 5) is 11.9. The predicted octanol–water partition coefficient (Wildman–Crippen LogP) is 6.52. The largest absolute Gasteiger partial charge is 0.481 e. The molecular weight excluding hydrogens is 424 g/mol. The maximum atomic E-state index is 11.9. The Hall–Kier alpha value is -3.08. The van der Waals surface area contributed by atoms with Gasteiger partial charge in [0, 0.05) is 35.6 Å². The topological polar surface area (TPSA) is 74.8 Å². The molecule has 0 amide bonds. The van der Waals surface area contributed by atoms with E-state index in [0.717, 1.165) is 56.0 Å². The first-order chi connectivity index (χ1) is 16.6. The van der Waals surface area contributed by atoms with E-state index < -0.39 is 11.9 Å². The van der Waals surface area contributed by atoms with Crippen molar-refractivity contribution >= 4 is 22.6 Å². The van der Waals surface area contributed by atoms with Crippen LogP contribution in [0, 0.1) is 5.92 Å². The zero-order valence-electron chi connectivity index (χ0n) is 20.2. The van der Waals surface area contributed by atoms with Gasteiger partial charge in [-0.25, -0.2) is 0 Å². The van der Waals surface area contributed by atoms with E-state index >= 15 is 0 Å². The molecule has 0 bridgehead atoms. The SMILES string of the molecule is Cn1c2c(c3ccc(C(C[C@@H](CCCCCCc4ccccc4)C(=O)O)=NO)cc31)CCCC2. The summed E-state index contributed by atoms with van der Waals surface area (Å²) in [6.07, 6.45) is 10.7. The van der Waals surface area contributed by atoms with Gasteiger partial charge in [-0.2, -0.15) is 0 Å². The number of fused-ring (bicyclic) bond motifs is 3. The molecule has 4 rings (SSSR count). The highest BCUT2D eigenvalue weighted by molar-refractivity contribution is 6.04. The lowest BCUT2D eigenvalue weighted by molar-refractivity contribution is -0.141. The number of aryl methyl sites for hydroxylation is 3. The van der Waals surface area contributed by atoms with Crippen molar-refractivity contribution in [2.75, 3.05) is 0 Å². The molecule has 0 aliphatic heterocycles. The van der Waals surface area contributed by atoms with Crippen LogP contribution in [-0.4, -0.2) is 26.6 Å². The van der Waals surface area contributed by atoms with E-state index in [9.17, 15) is 15.1 Å². The third-order valence-corrected chi connectivity index (χ3v) is 7.38. The monoisotopic (exact) mass is 460 g/mol. The number of carboxylic acids is 1. The van der Waals surface area contributed by atoms with Crippen LogP contribution in [0.15, 0.2) is 53.7 Å². The highest BCUT2D eigenvalue weighted by atomic mass is 16.4. The van der Waals surface area contributed by atoms with E-state index in [1.807, 2.05) is 12.1 Å². The Labute approximate surface area is 202 Å². The van der Waals surface area contributed by atoms with Crippen LogP contribution in [-0.2, 0) is 31.1 Å². The van der Waals surface area contributed by atoms with Gasteiger partial charge in [-0.05, 0) is 62.1 Å². The second-order valence-corrected chi connectivity index (χ2v) is 9.65. The van der Waals surface area contributed by atoms with Crippen molar-refractivity contribution in [3.05, 3.63) is 70.9 Å². The molecule has 0 spiro atoms. The molecule has 5 nitrogen and oxygen atoms in total. The van der Waals surface area contributed by atoms with Gasteiger partial charge >= 0.3 is 5.97 Å². The maximum Gasteiger partial charge on any atom is 0.306 e. The molecule has 0 saturated heterocycles. The van der Waals surface area contributed by atoms with Crippen LogP contribution in [0.4, 0.5) is 0 Å². The van der Waals surface area contributed by atoms with Gasteiger partial charge < -0.3 is 14.9 Å². The number of hydrogen-bond acceptors (Lipinski definition) is 3. The Balaban J connectivity index is 1.35. The number of carbonyl (C=O) groups is 1. The molecule has 180 valence electrons. The van der Waals surface area contributed by atoms with E-state index in [1.165, 1.54) is 35.0 Å². The third-order valence-electron chi connectivity index (χ3n) is 7.38. The number of aromatic nitrogens is 1. The van der Waals surface area contributed by atoms with Crippen LogP contribution in [0.25, 0.3) is 10.9 Å². The number of benzene rings is 2. The maximum absolute atomic E-state index is 11.9. The van der Waals surface area contributed by atoms with Gasteiger partial charge in [0.2, 0.25) is 0 Å². The molecule has 1 aromatic heterocycles. The van der Waals surface area contributed by atoms with E-state index in [2.05, 4.69) is 53.2 Å². The van der Waals surface area contributed by atoms with Crippen molar-refractivity contribution in [1.82, 2.24) is 4.57 Å². The van der Waals surface area contributed by atoms with Crippen molar-refractivity contribution in [3.63, 3.8) is 0 Å². The minimum Gasteiger partial charge on any atom is -0.481 e. The number of aliphatic carboxylic acids is 1. The van der Waals surface area contributed by atoms with Crippen molar-refractivity contribution in [2.24, 2.45) is 18.1 Å². The summed E-state index contributed by atoms with van der Waals surface area (Å²) >= 11 is 0. The quantitative estimate of drug-likeness (QED) is 0.148. The molecule has 34 heavy (non-hydrogen) atoms. The van der Waals surface area contributed by atoms with Gasteiger partial charge in [-0.15, -0.1) is 0 Å². The molecule has 2 aromatic carbocycles. The van der Waals surface area contributed by atoms with Crippen LogP contribution in [0.2, 0.25) is 0 Å². The molecule has 3 aromatic rings. The summed E-state index contributed by atoms with van der Waals surface area (Å²) in [5.41, 5.74) is 6.59. The summed E-state index contributed by atoms with van der Waals surface area (Å²) in [5.74, 6) is -1.36. The minimum absolute atomic E-state index is 0.242. The zero-order valence-corrected chi connectivity index (χ0v) is 20.2. The number of carboxylic acid groups (broad SMARTS) is 1. The average Bonchev–Trinajstić information content (AvgIpc) is 3.15. The Bertz CT molecular complexity index is 1150. The average molecular weight is 461 g/mol. The fourth-order valence-electron chi connectivity index (χ4n) is 5.42. The van der Waals surface area contributed by atoms with Crippen LogP contribution in [0.3, 0.4) is 0 Å².